The summed E-state index contributed by atoms with van der Waals surface area (Å²) in [7, 11) is 1.70. The Morgan fingerprint density at radius 3 is 3.10 bits per heavy atom. The molecule has 20 heavy (non-hydrogen) atoms. The quantitative estimate of drug-likeness (QED) is 0.861. The minimum atomic E-state index is 0.0776. The number of pyridine rings is 1. The Labute approximate surface area is 118 Å². The molecule has 3 rings (SSSR count). The number of furan rings is 1. The molecule has 5 heteroatoms. The maximum Gasteiger partial charge on any atom is 0.139 e. The van der Waals surface area contributed by atoms with Crippen LogP contribution in [0.15, 0.2) is 22.7 Å². The summed E-state index contributed by atoms with van der Waals surface area (Å²) in [6, 6.07) is 3.95. The Hall–Kier alpha value is -1.59. The Kier molecular flexibility index (Phi) is 3.63. The van der Waals surface area contributed by atoms with Gasteiger partial charge in [0.1, 0.15) is 17.2 Å². The van der Waals surface area contributed by atoms with E-state index in [9.17, 15) is 0 Å². The van der Waals surface area contributed by atoms with E-state index in [2.05, 4.69) is 16.8 Å². The largest absolute Gasteiger partial charge is 0.461 e. The molecule has 2 atom stereocenters. The molecule has 0 radical (unpaired) electrons. The lowest BCUT2D eigenvalue weighted by molar-refractivity contribution is -0.0512. The first-order valence-corrected chi connectivity index (χ1v) is 6.92. The van der Waals surface area contributed by atoms with Gasteiger partial charge in [-0.3, -0.25) is 0 Å². The summed E-state index contributed by atoms with van der Waals surface area (Å²) in [5.74, 6) is 1.87. The number of morpholine rings is 1. The maximum atomic E-state index is 5.88. The molecule has 1 saturated heterocycles. The van der Waals surface area contributed by atoms with Crippen molar-refractivity contribution >= 4 is 16.8 Å². The van der Waals surface area contributed by atoms with Crippen molar-refractivity contribution in [1.82, 2.24) is 4.98 Å². The molecule has 0 amide bonds. The Balaban J connectivity index is 1.93. The second kappa shape index (κ2) is 5.42. The van der Waals surface area contributed by atoms with E-state index < -0.39 is 0 Å². The Morgan fingerprint density at radius 1 is 1.45 bits per heavy atom. The van der Waals surface area contributed by atoms with Crippen LogP contribution in [0.2, 0.25) is 0 Å². The average Bonchev–Trinajstić information content (AvgIpc) is 2.78. The topological polar surface area (TPSA) is 47.7 Å². The van der Waals surface area contributed by atoms with Crippen LogP contribution in [0.25, 0.3) is 11.0 Å². The number of anilines is 1. The number of hydrogen-bond donors (Lipinski definition) is 0. The van der Waals surface area contributed by atoms with E-state index in [0.29, 0.717) is 6.61 Å². The minimum absolute atomic E-state index is 0.0776. The number of methoxy groups -OCH3 is 1. The summed E-state index contributed by atoms with van der Waals surface area (Å²) < 4.78 is 16.8. The van der Waals surface area contributed by atoms with Gasteiger partial charge in [-0.1, -0.05) is 0 Å². The zero-order valence-corrected chi connectivity index (χ0v) is 12.1. The molecule has 3 heterocycles. The van der Waals surface area contributed by atoms with Gasteiger partial charge in [0.15, 0.2) is 0 Å². The fraction of sp³-hybridized carbons (Fsp3) is 0.533. The number of nitrogens with zero attached hydrogens (tertiary/aromatic N) is 2. The van der Waals surface area contributed by atoms with Crippen LogP contribution in [0.4, 0.5) is 5.82 Å². The standard InChI is InChI=1S/C15H20N2O3/c1-10-6-13-14(20-10)4-5-16-15(13)17-7-11(2)19-12(8-17)9-18-3/h4-6,11-12H,7-9H2,1-3H3. The summed E-state index contributed by atoms with van der Waals surface area (Å²) in [6.07, 6.45) is 2.04. The summed E-state index contributed by atoms with van der Waals surface area (Å²) in [5.41, 5.74) is 0.884. The molecule has 0 N–H and O–H groups in total. The van der Waals surface area contributed by atoms with Crippen LogP contribution in [0.3, 0.4) is 0 Å². The first kappa shape index (κ1) is 13.4. The molecule has 0 saturated carbocycles. The van der Waals surface area contributed by atoms with E-state index in [-0.39, 0.29) is 12.2 Å². The van der Waals surface area contributed by atoms with Crippen LogP contribution < -0.4 is 4.90 Å². The monoisotopic (exact) mass is 276 g/mol. The van der Waals surface area contributed by atoms with Gasteiger partial charge in [0.05, 0.1) is 24.2 Å². The van der Waals surface area contributed by atoms with Crippen molar-refractivity contribution in [3.8, 4) is 0 Å². The highest BCUT2D eigenvalue weighted by atomic mass is 16.5. The molecule has 1 aliphatic rings. The molecule has 108 valence electrons. The number of aryl methyl sites for hydroxylation is 1. The van der Waals surface area contributed by atoms with Crippen LogP contribution in [-0.2, 0) is 9.47 Å². The van der Waals surface area contributed by atoms with Gasteiger partial charge >= 0.3 is 0 Å². The van der Waals surface area contributed by atoms with E-state index in [4.69, 9.17) is 13.9 Å². The van der Waals surface area contributed by atoms with Gasteiger partial charge in [-0.2, -0.15) is 0 Å². The summed E-state index contributed by atoms with van der Waals surface area (Å²) in [4.78, 5) is 6.80. The molecule has 2 aromatic heterocycles. The maximum absolute atomic E-state index is 5.88. The fourth-order valence-electron chi connectivity index (χ4n) is 2.82. The molecule has 0 aliphatic carbocycles. The third kappa shape index (κ3) is 2.51. The lowest BCUT2D eigenvalue weighted by Gasteiger charge is -2.37. The average molecular weight is 276 g/mol. The minimum Gasteiger partial charge on any atom is -0.461 e. The lowest BCUT2D eigenvalue weighted by atomic mass is 10.2. The smallest absolute Gasteiger partial charge is 0.139 e. The SMILES string of the molecule is COCC1CN(c2nccc3oc(C)cc23)CC(C)O1. The number of hydrogen-bond acceptors (Lipinski definition) is 5. The summed E-state index contributed by atoms with van der Waals surface area (Å²) in [5, 5.41) is 1.07. The first-order chi connectivity index (χ1) is 9.67. The predicted octanol–water partition coefficient (Wildman–Crippen LogP) is 2.38. The third-order valence-corrected chi connectivity index (χ3v) is 3.53. The lowest BCUT2D eigenvalue weighted by Crippen LogP contribution is -2.48. The van der Waals surface area contributed by atoms with E-state index in [1.165, 1.54) is 0 Å². The highest BCUT2D eigenvalue weighted by molar-refractivity contribution is 5.89. The molecular formula is C15H20N2O3. The normalized spacial score (nSPS) is 23.4. The number of ether oxygens (including phenoxy) is 2. The summed E-state index contributed by atoms with van der Waals surface area (Å²) in [6.45, 7) is 6.25. The molecule has 0 bridgehead atoms. The molecule has 2 aromatic rings. The second-order valence-electron chi connectivity index (χ2n) is 5.33. The van der Waals surface area contributed by atoms with Crippen LogP contribution in [0.5, 0.6) is 0 Å². The fourth-order valence-corrected chi connectivity index (χ4v) is 2.82. The van der Waals surface area contributed by atoms with E-state index in [1.54, 1.807) is 13.3 Å². The number of rotatable bonds is 3. The van der Waals surface area contributed by atoms with Crippen molar-refractivity contribution in [3.05, 3.63) is 24.1 Å². The molecule has 0 spiro atoms. The van der Waals surface area contributed by atoms with Gasteiger partial charge < -0.3 is 18.8 Å². The second-order valence-corrected chi connectivity index (χ2v) is 5.33. The summed E-state index contributed by atoms with van der Waals surface area (Å²) >= 11 is 0. The zero-order chi connectivity index (χ0) is 14.1. The van der Waals surface area contributed by atoms with Gasteiger partial charge in [-0.25, -0.2) is 4.98 Å². The van der Waals surface area contributed by atoms with Gasteiger partial charge in [0.2, 0.25) is 0 Å². The van der Waals surface area contributed by atoms with Crippen molar-refractivity contribution in [2.45, 2.75) is 26.1 Å². The van der Waals surface area contributed by atoms with Crippen LogP contribution in [-0.4, -0.2) is 44.0 Å². The first-order valence-electron chi connectivity index (χ1n) is 6.92. The van der Waals surface area contributed by atoms with Crippen LogP contribution >= 0.6 is 0 Å². The Morgan fingerprint density at radius 2 is 2.30 bits per heavy atom. The number of aromatic nitrogens is 1. The zero-order valence-electron chi connectivity index (χ0n) is 12.1. The highest BCUT2D eigenvalue weighted by Gasteiger charge is 2.27. The van der Waals surface area contributed by atoms with E-state index >= 15 is 0 Å². The van der Waals surface area contributed by atoms with Crippen molar-refractivity contribution in [2.24, 2.45) is 0 Å². The molecule has 2 unspecified atom stereocenters. The van der Waals surface area contributed by atoms with Crippen LogP contribution in [0, 0.1) is 6.92 Å². The predicted molar refractivity (Wildman–Crippen MR) is 77.2 cm³/mol. The Bertz CT molecular complexity index is 596. The van der Waals surface area contributed by atoms with Gasteiger partial charge in [0.25, 0.3) is 0 Å². The van der Waals surface area contributed by atoms with E-state index in [0.717, 1.165) is 35.6 Å². The molecule has 5 nitrogen and oxygen atoms in total. The van der Waals surface area contributed by atoms with Crippen molar-refractivity contribution in [1.29, 1.82) is 0 Å². The van der Waals surface area contributed by atoms with Gasteiger partial charge in [-0.15, -0.1) is 0 Å². The van der Waals surface area contributed by atoms with Crippen LogP contribution in [0.1, 0.15) is 12.7 Å². The van der Waals surface area contributed by atoms with Gasteiger partial charge in [-0.05, 0) is 26.0 Å². The van der Waals surface area contributed by atoms with Crippen molar-refractivity contribution in [3.63, 3.8) is 0 Å². The molecule has 1 fully saturated rings. The third-order valence-electron chi connectivity index (χ3n) is 3.53. The molecule has 0 aromatic carbocycles. The van der Waals surface area contributed by atoms with Crippen molar-refractivity contribution < 1.29 is 13.9 Å². The van der Waals surface area contributed by atoms with Gasteiger partial charge in [0, 0.05) is 26.4 Å². The highest BCUT2D eigenvalue weighted by Crippen LogP contribution is 2.29. The van der Waals surface area contributed by atoms with E-state index in [1.807, 2.05) is 19.1 Å². The van der Waals surface area contributed by atoms with Crippen molar-refractivity contribution in [2.75, 3.05) is 31.7 Å². The number of fused-ring (bicyclic) bond motifs is 1. The molecule has 1 aliphatic heterocycles. The molecular weight excluding hydrogens is 256 g/mol.